The van der Waals surface area contributed by atoms with E-state index in [0.717, 1.165) is 24.7 Å². The van der Waals surface area contributed by atoms with Crippen molar-refractivity contribution in [1.29, 1.82) is 0 Å². The van der Waals surface area contributed by atoms with Gasteiger partial charge in [0.2, 0.25) is 5.91 Å². The number of fused-ring (bicyclic) bond motifs is 1. The second-order valence-corrected chi connectivity index (χ2v) is 5.27. The highest BCUT2D eigenvalue weighted by Crippen LogP contribution is 2.16. The minimum absolute atomic E-state index is 0.104. The summed E-state index contributed by atoms with van der Waals surface area (Å²) in [5.41, 5.74) is 0. The first-order valence-electron chi connectivity index (χ1n) is 6.91. The summed E-state index contributed by atoms with van der Waals surface area (Å²) in [4.78, 5) is 14.3. The molecule has 8 nitrogen and oxygen atoms in total. The second kappa shape index (κ2) is 5.28. The van der Waals surface area contributed by atoms with Crippen molar-refractivity contribution in [2.75, 3.05) is 11.9 Å². The molecule has 0 aromatic carbocycles. The number of hydrogen-bond acceptors (Lipinski definition) is 6. The highest BCUT2D eigenvalue weighted by Gasteiger charge is 2.27. The molecule has 112 valence electrons. The van der Waals surface area contributed by atoms with E-state index < -0.39 is 0 Å². The van der Waals surface area contributed by atoms with Crippen LogP contribution in [0.15, 0.2) is 10.6 Å². The molecule has 0 spiro atoms. The molecule has 1 N–H and O–H groups in total. The number of carbonyl (C=O) groups is 1. The van der Waals surface area contributed by atoms with Gasteiger partial charge in [-0.05, 0) is 20.8 Å². The predicted molar refractivity (Wildman–Crippen MR) is 74.5 cm³/mol. The van der Waals surface area contributed by atoms with E-state index in [4.69, 9.17) is 4.52 Å². The molecule has 1 atom stereocenters. The molecule has 2 aromatic rings. The Morgan fingerprint density at radius 1 is 1.38 bits per heavy atom. The highest BCUT2D eigenvalue weighted by atomic mass is 16.5. The fourth-order valence-corrected chi connectivity index (χ4v) is 2.47. The van der Waals surface area contributed by atoms with E-state index in [9.17, 15) is 4.79 Å². The summed E-state index contributed by atoms with van der Waals surface area (Å²) in [7, 11) is 0. The zero-order valence-electron chi connectivity index (χ0n) is 12.3. The van der Waals surface area contributed by atoms with E-state index in [1.165, 1.54) is 0 Å². The molecule has 3 heterocycles. The van der Waals surface area contributed by atoms with Crippen LogP contribution in [0.5, 0.6) is 0 Å². The molecule has 1 aliphatic rings. The minimum Gasteiger partial charge on any atom is -0.360 e. The van der Waals surface area contributed by atoms with Crippen molar-refractivity contribution < 1.29 is 9.32 Å². The lowest BCUT2D eigenvalue weighted by Gasteiger charge is -2.31. The van der Waals surface area contributed by atoms with Crippen molar-refractivity contribution in [2.24, 2.45) is 0 Å². The summed E-state index contributed by atoms with van der Waals surface area (Å²) in [5, 5.41) is 14.7. The summed E-state index contributed by atoms with van der Waals surface area (Å²) in [5.74, 6) is 2.82. The third-order valence-electron chi connectivity index (χ3n) is 3.77. The van der Waals surface area contributed by atoms with Crippen LogP contribution in [0.3, 0.4) is 0 Å². The number of aromatic nitrogens is 4. The highest BCUT2D eigenvalue weighted by molar-refractivity contribution is 5.93. The molecule has 0 fully saturated rings. The Balaban J connectivity index is 1.65. The standard InChI is InChI=1S/C13H18N6O2/c1-8-6-11(17-21-8)14-13(20)9(2)18-4-5-19-10(3)15-16-12(19)7-18/h6,9H,4-5,7H2,1-3H3,(H,14,17,20)/t9-/m0/s1. The quantitative estimate of drug-likeness (QED) is 0.896. The number of rotatable bonds is 3. The van der Waals surface area contributed by atoms with Gasteiger partial charge < -0.3 is 14.4 Å². The molecule has 1 amide bonds. The van der Waals surface area contributed by atoms with Crippen LogP contribution in [-0.2, 0) is 17.9 Å². The summed E-state index contributed by atoms with van der Waals surface area (Å²) < 4.78 is 7.03. The minimum atomic E-state index is -0.271. The van der Waals surface area contributed by atoms with E-state index in [0.29, 0.717) is 18.1 Å². The Morgan fingerprint density at radius 3 is 2.90 bits per heavy atom. The van der Waals surface area contributed by atoms with Gasteiger partial charge in [0.05, 0.1) is 12.6 Å². The number of aryl methyl sites for hydroxylation is 2. The molecule has 0 saturated heterocycles. The van der Waals surface area contributed by atoms with Gasteiger partial charge in [-0.2, -0.15) is 0 Å². The van der Waals surface area contributed by atoms with Crippen LogP contribution >= 0.6 is 0 Å². The van der Waals surface area contributed by atoms with E-state index in [1.54, 1.807) is 13.0 Å². The van der Waals surface area contributed by atoms with Crippen molar-refractivity contribution in [1.82, 2.24) is 24.8 Å². The Morgan fingerprint density at radius 2 is 2.19 bits per heavy atom. The topological polar surface area (TPSA) is 89.1 Å². The monoisotopic (exact) mass is 290 g/mol. The average molecular weight is 290 g/mol. The van der Waals surface area contributed by atoms with Crippen molar-refractivity contribution in [3.05, 3.63) is 23.5 Å². The van der Waals surface area contributed by atoms with Crippen molar-refractivity contribution in [2.45, 2.75) is 39.9 Å². The van der Waals surface area contributed by atoms with Gasteiger partial charge in [0.1, 0.15) is 17.4 Å². The van der Waals surface area contributed by atoms with Gasteiger partial charge in [0, 0.05) is 19.2 Å². The van der Waals surface area contributed by atoms with Crippen molar-refractivity contribution in [3.8, 4) is 0 Å². The normalized spacial score (nSPS) is 16.5. The maximum absolute atomic E-state index is 12.3. The molecular weight excluding hydrogens is 272 g/mol. The molecule has 8 heteroatoms. The van der Waals surface area contributed by atoms with Gasteiger partial charge in [-0.15, -0.1) is 10.2 Å². The number of anilines is 1. The summed E-state index contributed by atoms with van der Waals surface area (Å²) >= 11 is 0. The molecule has 3 rings (SSSR count). The fraction of sp³-hybridized carbons (Fsp3) is 0.538. The number of nitrogens with zero attached hydrogens (tertiary/aromatic N) is 5. The predicted octanol–water partition coefficient (Wildman–Crippen LogP) is 0.726. The zero-order chi connectivity index (χ0) is 15.0. The first-order chi connectivity index (χ1) is 10.0. The van der Waals surface area contributed by atoms with Gasteiger partial charge in [0.15, 0.2) is 5.82 Å². The first-order valence-corrected chi connectivity index (χ1v) is 6.91. The van der Waals surface area contributed by atoms with Crippen LogP contribution in [0.2, 0.25) is 0 Å². The molecule has 0 saturated carbocycles. The van der Waals surface area contributed by atoms with Gasteiger partial charge in [-0.25, -0.2) is 0 Å². The Kier molecular flexibility index (Phi) is 3.46. The zero-order valence-corrected chi connectivity index (χ0v) is 12.3. The van der Waals surface area contributed by atoms with Crippen LogP contribution in [0.25, 0.3) is 0 Å². The van der Waals surface area contributed by atoms with Crippen LogP contribution in [-0.4, -0.2) is 43.3 Å². The molecule has 0 aliphatic carbocycles. The molecule has 0 unspecified atom stereocenters. The van der Waals surface area contributed by atoms with Crippen LogP contribution in [0.1, 0.15) is 24.3 Å². The van der Waals surface area contributed by atoms with Crippen LogP contribution < -0.4 is 5.32 Å². The smallest absolute Gasteiger partial charge is 0.242 e. The molecule has 0 bridgehead atoms. The molecular formula is C13H18N6O2. The lowest BCUT2D eigenvalue weighted by Crippen LogP contribution is -2.46. The van der Waals surface area contributed by atoms with Crippen molar-refractivity contribution in [3.63, 3.8) is 0 Å². The van der Waals surface area contributed by atoms with E-state index >= 15 is 0 Å². The van der Waals surface area contributed by atoms with Crippen LogP contribution in [0.4, 0.5) is 5.82 Å². The molecule has 0 radical (unpaired) electrons. The van der Waals surface area contributed by atoms with Gasteiger partial charge in [-0.3, -0.25) is 9.69 Å². The number of hydrogen-bond donors (Lipinski definition) is 1. The fourth-order valence-electron chi connectivity index (χ4n) is 2.47. The maximum atomic E-state index is 12.3. The summed E-state index contributed by atoms with van der Waals surface area (Å²) in [6, 6.07) is 1.42. The first kappa shape index (κ1) is 13.7. The van der Waals surface area contributed by atoms with Crippen molar-refractivity contribution >= 4 is 11.7 Å². The number of nitrogens with one attached hydrogen (secondary N) is 1. The van der Waals surface area contributed by atoms with E-state index in [-0.39, 0.29) is 11.9 Å². The van der Waals surface area contributed by atoms with E-state index in [1.807, 2.05) is 13.8 Å². The Hall–Kier alpha value is -2.22. The Labute approximate surface area is 122 Å². The lowest BCUT2D eigenvalue weighted by molar-refractivity contribution is -0.121. The average Bonchev–Trinajstić information content (AvgIpc) is 3.04. The van der Waals surface area contributed by atoms with Gasteiger partial charge in [-0.1, -0.05) is 5.16 Å². The third-order valence-corrected chi connectivity index (χ3v) is 3.77. The number of amides is 1. The SMILES string of the molecule is Cc1cc(NC(=O)[C@H](C)N2CCn3c(C)nnc3C2)no1. The maximum Gasteiger partial charge on any atom is 0.242 e. The van der Waals surface area contributed by atoms with Gasteiger partial charge >= 0.3 is 0 Å². The Bertz CT molecular complexity index is 661. The van der Waals surface area contributed by atoms with Crippen LogP contribution in [0, 0.1) is 13.8 Å². The second-order valence-electron chi connectivity index (χ2n) is 5.27. The summed E-state index contributed by atoms with van der Waals surface area (Å²) in [6.45, 7) is 7.81. The summed E-state index contributed by atoms with van der Waals surface area (Å²) in [6.07, 6.45) is 0. The molecule has 1 aliphatic heterocycles. The third kappa shape index (κ3) is 2.66. The van der Waals surface area contributed by atoms with E-state index in [2.05, 4.69) is 30.1 Å². The molecule has 2 aromatic heterocycles. The lowest BCUT2D eigenvalue weighted by atomic mass is 10.2. The largest absolute Gasteiger partial charge is 0.360 e. The van der Waals surface area contributed by atoms with Gasteiger partial charge in [0.25, 0.3) is 0 Å². The number of carbonyl (C=O) groups excluding carboxylic acids is 1. The molecule has 21 heavy (non-hydrogen) atoms.